The Morgan fingerprint density at radius 3 is 2.09 bits per heavy atom. The molecule has 0 N–H and O–H groups in total. The van der Waals surface area contributed by atoms with Gasteiger partial charge in [0, 0.05) is 60.3 Å². The zero-order valence-corrected chi connectivity index (χ0v) is 38.1. The van der Waals surface area contributed by atoms with E-state index in [-0.39, 0.29) is 23.1 Å². The molecule has 0 amide bonds. The predicted molar refractivity (Wildman–Crippen MR) is 274 cm³/mol. The van der Waals surface area contributed by atoms with Gasteiger partial charge in [-0.3, -0.25) is 0 Å². The van der Waals surface area contributed by atoms with Crippen LogP contribution in [0.15, 0.2) is 154 Å². The fourth-order valence-corrected chi connectivity index (χ4v) is 12.3. The molecule has 5 heteroatoms. The molecule has 3 aliphatic rings. The first kappa shape index (κ1) is 37.4. The molecule has 4 nitrogen and oxygen atoms in total. The number of fused-ring (bicyclic) bond motifs is 16. The Labute approximate surface area is 379 Å². The van der Waals surface area contributed by atoms with Crippen molar-refractivity contribution in [3.63, 3.8) is 0 Å². The van der Waals surface area contributed by atoms with Crippen molar-refractivity contribution in [1.82, 2.24) is 4.48 Å². The van der Waals surface area contributed by atoms with Crippen LogP contribution in [0.3, 0.4) is 0 Å². The molecular formula is C60H49BN2O2. The van der Waals surface area contributed by atoms with Crippen molar-refractivity contribution in [3.8, 4) is 22.3 Å². The number of hydrogen-bond acceptors (Lipinski definition) is 3. The van der Waals surface area contributed by atoms with E-state index in [0.717, 1.165) is 74.0 Å². The summed E-state index contributed by atoms with van der Waals surface area (Å²) in [5.41, 5.74) is 19.6. The first-order chi connectivity index (χ1) is 31.4. The summed E-state index contributed by atoms with van der Waals surface area (Å²) >= 11 is 0. The quantitative estimate of drug-likeness (QED) is 0.163. The molecule has 0 saturated carbocycles. The molecule has 0 spiro atoms. The zero-order valence-electron chi connectivity index (χ0n) is 38.1. The Morgan fingerprint density at radius 1 is 0.569 bits per heavy atom. The standard InChI is InChI=1S/C60H49BN2O2/c1-58(2,3)36-25-27-46(41(30-36)34-16-9-8-10-17-34)62-48-32-42-38-20-13-14-23-49(38)64-56(42)52-40-22-15-21-39-51-37-19-12-11-18-35(37)24-26-47(51)63(54(39)40)61(53(48)52)57-55(62)43-31-44-45(33-50(43)65-57)60(6,7)29-28-59(44,4)5/h8-27,30-33H,28-29H2,1-7H3. The van der Waals surface area contributed by atoms with E-state index in [1.807, 2.05) is 0 Å². The van der Waals surface area contributed by atoms with Crippen molar-refractivity contribution in [3.05, 3.63) is 162 Å². The number of nitrogens with zero attached hydrogens (tertiary/aromatic N) is 2. The Kier molecular flexibility index (Phi) is 7.15. The smallest absolute Gasteiger partial charge is 0.376 e. The maximum absolute atomic E-state index is 7.67. The highest BCUT2D eigenvalue weighted by molar-refractivity contribution is 6.90. The zero-order chi connectivity index (χ0) is 43.9. The summed E-state index contributed by atoms with van der Waals surface area (Å²) in [6.07, 6.45) is 2.27. The summed E-state index contributed by atoms with van der Waals surface area (Å²) in [7, 11) is 0. The number of anilines is 3. The molecule has 0 atom stereocenters. The summed E-state index contributed by atoms with van der Waals surface area (Å²) in [6, 6.07) is 54.5. The van der Waals surface area contributed by atoms with Crippen LogP contribution in [0.1, 0.15) is 78.0 Å². The van der Waals surface area contributed by atoms with Crippen LogP contribution < -0.4 is 16.0 Å². The van der Waals surface area contributed by atoms with Gasteiger partial charge in [-0.05, 0) is 110 Å². The minimum atomic E-state index is -0.278. The van der Waals surface area contributed by atoms with E-state index in [2.05, 4.69) is 203 Å². The van der Waals surface area contributed by atoms with E-state index < -0.39 is 0 Å². The summed E-state index contributed by atoms with van der Waals surface area (Å²) in [4.78, 5) is 2.59. The number of rotatable bonds is 2. The monoisotopic (exact) mass is 840 g/mol. The fraction of sp³-hybridized carbons (Fsp3) is 0.200. The van der Waals surface area contributed by atoms with Crippen molar-refractivity contribution in [2.24, 2.45) is 0 Å². The van der Waals surface area contributed by atoms with E-state index >= 15 is 0 Å². The molecule has 0 radical (unpaired) electrons. The molecule has 1 aliphatic carbocycles. The van der Waals surface area contributed by atoms with Gasteiger partial charge in [0.2, 0.25) is 0 Å². The van der Waals surface area contributed by atoms with Crippen LogP contribution in [0.2, 0.25) is 0 Å². The van der Waals surface area contributed by atoms with Crippen molar-refractivity contribution < 1.29 is 8.83 Å². The summed E-state index contributed by atoms with van der Waals surface area (Å²) in [5.74, 6) is 0. The minimum Gasteiger partial charge on any atom is -0.466 e. The van der Waals surface area contributed by atoms with Gasteiger partial charge in [0.1, 0.15) is 22.4 Å². The molecule has 0 bridgehead atoms. The lowest BCUT2D eigenvalue weighted by Crippen LogP contribution is -2.56. The van der Waals surface area contributed by atoms with Crippen LogP contribution in [0.25, 0.3) is 87.7 Å². The van der Waals surface area contributed by atoms with Gasteiger partial charge in [-0.2, -0.15) is 0 Å². The molecule has 0 unspecified atom stereocenters. The predicted octanol–water partition coefficient (Wildman–Crippen LogP) is 15.3. The molecule has 0 saturated heterocycles. The normalized spacial score (nSPS) is 16.0. The SMILES string of the molecule is CC(C)(C)c1ccc(N2c3cc4c(oc5ccccc54)c4c3B(c3oc5cc6c(cc5c32)C(C)(C)CCC6(C)C)n2c3ccc5ccccc5c3c3cccc-4c32)c(-c2ccccc2)c1. The van der Waals surface area contributed by atoms with Crippen LogP contribution in [-0.4, -0.2) is 11.3 Å². The molecular weight excluding hydrogens is 791 g/mol. The third-order valence-corrected chi connectivity index (χ3v) is 15.8. The van der Waals surface area contributed by atoms with Gasteiger partial charge in [-0.15, -0.1) is 0 Å². The Hall–Kier alpha value is -6.98. The van der Waals surface area contributed by atoms with Crippen molar-refractivity contribution in [2.45, 2.75) is 77.6 Å². The van der Waals surface area contributed by atoms with Gasteiger partial charge < -0.3 is 18.2 Å². The minimum absolute atomic E-state index is 0.00677. The van der Waals surface area contributed by atoms with Crippen molar-refractivity contribution >= 4 is 101 Å². The van der Waals surface area contributed by atoms with E-state index in [1.165, 1.54) is 71.4 Å². The van der Waals surface area contributed by atoms with Gasteiger partial charge >= 0.3 is 6.85 Å². The summed E-state index contributed by atoms with van der Waals surface area (Å²) < 4.78 is 17.4. The summed E-state index contributed by atoms with van der Waals surface area (Å²) in [5, 5.41) is 8.42. The van der Waals surface area contributed by atoms with Gasteiger partial charge in [0.15, 0.2) is 0 Å². The van der Waals surface area contributed by atoms with Crippen LogP contribution in [0.4, 0.5) is 17.1 Å². The summed E-state index contributed by atoms with van der Waals surface area (Å²) in [6.45, 7) is 16.4. The molecule has 5 heterocycles. The third-order valence-electron chi connectivity index (χ3n) is 15.8. The topological polar surface area (TPSA) is 34.5 Å². The highest BCUT2D eigenvalue weighted by atomic mass is 16.3. The fourth-order valence-electron chi connectivity index (χ4n) is 12.3. The molecule has 14 rings (SSSR count). The van der Waals surface area contributed by atoms with E-state index in [4.69, 9.17) is 8.83 Å². The number of aromatic nitrogens is 1. The van der Waals surface area contributed by atoms with Crippen molar-refractivity contribution in [2.75, 3.05) is 4.90 Å². The van der Waals surface area contributed by atoms with E-state index in [0.29, 0.717) is 0 Å². The maximum Gasteiger partial charge on any atom is 0.376 e. The van der Waals surface area contributed by atoms with E-state index in [1.54, 1.807) is 0 Å². The van der Waals surface area contributed by atoms with Gasteiger partial charge in [-0.25, -0.2) is 0 Å². The average molecular weight is 841 g/mol. The molecule has 65 heavy (non-hydrogen) atoms. The third kappa shape index (κ3) is 4.88. The number of hydrogen-bond donors (Lipinski definition) is 0. The Balaban J connectivity index is 1.21. The Morgan fingerprint density at radius 2 is 1.29 bits per heavy atom. The highest BCUT2D eigenvalue weighted by Crippen LogP contribution is 2.55. The second kappa shape index (κ2) is 12.4. The Bertz CT molecular complexity index is 3890. The molecule has 8 aromatic carbocycles. The van der Waals surface area contributed by atoms with Gasteiger partial charge in [0.05, 0.1) is 11.4 Å². The van der Waals surface area contributed by atoms with Crippen LogP contribution >= 0.6 is 0 Å². The molecule has 11 aromatic rings. The number of furan rings is 2. The van der Waals surface area contributed by atoms with E-state index in [9.17, 15) is 0 Å². The highest BCUT2D eigenvalue weighted by Gasteiger charge is 2.49. The van der Waals surface area contributed by atoms with Crippen LogP contribution in [-0.2, 0) is 16.2 Å². The van der Waals surface area contributed by atoms with Gasteiger partial charge in [-0.1, -0.05) is 152 Å². The molecule has 3 aromatic heterocycles. The second-order valence-electron chi connectivity index (χ2n) is 21.5. The first-order valence-corrected chi connectivity index (χ1v) is 23.4. The maximum atomic E-state index is 7.67. The molecule has 2 aliphatic heterocycles. The first-order valence-electron chi connectivity index (χ1n) is 23.4. The average Bonchev–Trinajstić information content (AvgIpc) is 3.99. The number of para-hydroxylation sites is 2. The van der Waals surface area contributed by atoms with Gasteiger partial charge in [0.25, 0.3) is 0 Å². The van der Waals surface area contributed by atoms with Crippen molar-refractivity contribution in [1.29, 1.82) is 0 Å². The van der Waals surface area contributed by atoms with Crippen LogP contribution in [0, 0.1) is 0 Å². The second-order valence-corrected chi connectivity index (χ2v) is 21.5. The largest absolute Gasteiger partial charge is 0.466 e. The lowest BCUT2D eigenvalue weighted by atomic mass is 9.47. The number of benzene rings is 8. The molecule has 314 valence electrons. The lowest BCUT2D eigenvalue weighted by Gasteiger charge is -2.42. The molecule has 0 fully saturated rings. The lowest BCUT2D eigenvalue weighted by molar-refractivity contribution is 0.332. The van der Waals surface area contributed by atoms with Crippen LogP contribution in [0.5, 0.6) is 0 Å².